The van der Waals surface area contributed by atoms with Gasteiger partial charge in [0, 0.05) is 11.5 Å². The number of H-pyrrole nitrogens is 1. The first-order valence-electron chi connectivity index (χ1n) is 1.38. The average molecular weight is 102 g/mol. The molecule has 0 spiro atoms. The van der Waals surface area contributed by atoms with Crippen LogP contribution in [0.25, 0.3) is 0 Å². The summed E-state index contributed by atoms with van der Waals surface area (Å²) in [4.78, 5) is 9.99. The summed E-state index contributed by atoms with van der Waals surface area (Å²) in [7, 11) is 0. The Morgan fingerprint density at radius 1 is 2.00 bits per heavy atom. The zero-order valence-electron chi connectivity index (χ0n) is 2.84. The van der Waals surface area contributed by atoms with Gasteiger partial charge >= 0.3 is 0 Å². The van der Waals surface area contributed by atoms with Crippen molar-refractivity contribution in [3.8, 4) is 0 Å². The van der Waals surface area contributed by atoms with E-state index in [1.807, 2.05) is 0 Å². The van der Waals surface area contributed by atoms with Crippen LogP contribution in [0.2, 0.25) is 0 Å². The monoisotopic (exact) mass is 102 g/mol. The van der Waals surface area contributed by atoms with Crippen molar-refractivity contribution in [3.63, 3.8) is 0 Å². The first-order valence-corrected chi connectivity index (χ1v) is 2.20. The number of nitrogens with zero attached hydrogens (tertiary/aromatic N) is 1. The lowest BCUT2D eigenvalue weighted by Gasteiger charge is -1.46. The number of rotatable bonds is 0. The predicted octanol–water partition coefficient (Wildman–Crippen LogP) is -0.169. The van der Waals surface area contributed by atoms with Gasteiger partial charge in [0.2, 0.25) is 0 Å². The molecule has 1 N–H and O–H groups in total. The fourth-order valence-corrected chi connectivity index (χ4v) is 0.478. The lowest BCUT2D eigenvalue weighted by atomic mass is 11.0. The zero-order valence-corrected chi connectivity index (χ0v) is 3.66. The first-order chi connectivity index (χ1) is 2.89. The summed E-state index contributed by atoms with van der Waals surface area (Å²) in [5.74, 6) is 0. The van der Waals surface area contributed by atoms with E-state index >= 15 is 0 Å². The van der Waals surface area contributed by atoms with Gasteiger partial charge in [-0.25, -0.2) is 4.49 Å². The molecule has 0 aliphatic heterocycles. The summed E-state index contributed by atoms with van der Waals surface area (Å²) in [6.07, 6.45) is 1.24. The molecule has 0 fully saturated rings. The Morgan fingerprint density at radius 2 is 2.83 bits per heavy atom. The Hall–Kier alpha value is -0.640. The van der Waals surface area contributed by atoms with Crippen LogP contribution in [-0.4, -0.2) is 9.59 Å². The lowest BCUT2D eigenvalue weighted by molar-refractivity contribution is 1.15. The van der Waals surface area contributed by atoms with Gasteiger partial charge in [-0.05, 0) is 0 Å². The lowest BCUT2D eigenvalue weighted by Crippen LogP contribution is -1.79. The van der Waals surface area contributed by atoms with Crippen molar-refractivity contribution < 1.29 is 0 Å². The van der Waals surface area contributed by atoms with Crippen molar-refractivity contribution in [3.05, 3.63) is 15.7 Å². The molecule has 0 saturated heterocycles. The molecule has 0 saturated carbocycles. The second-order valence-corrected chi connectivity index (χ2v) is 1.56. The molecule has 0 aliphatic rings. The van der Waals surface area contributed by atoms with Gasteiger partial charge in [0.1, 0.15) is 6.20 Å². The van der Waals surface area contributed by atoms with E-state index < -0.39 is 0 Å². The molecule has 1 heterocycles. The molecule has 1 aromatic heterocycles. The van der Waals surface area contributed by atoms with Gasteiger partial charge in [-0.1, -0.05) is 0 Å². The minimum Gasteiger partial charge on any atom is -0.274 e. The third kappa shape index (κ3) is 0.463. The van der Waals surface area contributed by atoms with Gasteiger partial charge in [-0.15, -0.1) is 0 Å². The predicted molar refractivity (Wildman–Crippen MR) is 22.7 cm³/mol. The fourth-order valence-electron chi connectivity index (χ4n) is 0.177. The van der Waals surface area contributed by atoms with Crippen LogP contribution in [0.1, 0.15) is 0 Å². The molecular weight excluding hydrogens is 100 g/mol. The maximum absolute atomic E-state index is 9.99. The Bertz CT molecular complexity index is 149. The van der Waals surface area contributed by atoms with Crippen LogP contribution in [-0.2, 0) is 0 Å². The number of hydrogen-bond acceptors (Lipinski definition) is 3. The number of aromatic amines is 1. The second kappa shape index (κ2) is 1.22. The maximum Gasteiger partial charge on any atom is 0.269 e. The Balaban J connectivity index is 3.41. The van der Waals surface area contributed by atoms with Crippen LogP contribution in [0, 0.1) is 0 Å². The van der Waals surface area contributed by atoms with Crippen LogP contribution in [0.5, 0.6) is 0 Å². The molecule has 1 aromatic rings. The van der Waals surface area contributed by atoms with Gasteiger partial charge < -0.3 is 0 Å². The molecule has 3 nitrogen and oxygen atoms in total. The minimum absolute atomic E-state index is 0.0324. The smallest absolute Gasteiger partial charge is 0.269 e. The van der Waals surface area contributed by atoms with Crippen molar-refractivity contribution in [1.29, 1.82) is 0 Å². The molecule has 0 aliphatic carbocycles. The highest BCUT2D eigenvalue weighted by Gasteiger charge is 1.74. The van der Waals surface area contributed by atoms with Gasteiger partial charge in [-0.2, -0.15) is 5.10 Å². The Morgan fingerprint density at radius 3 is 3.00 bits per heavy atom. The summed E-state index contributed by atoms with van der Waals surface area (Å²) in [6.45, 7) is 0. The van der Waals surface area contributed by atoms with E-state index in [-0.39, 0.29) is 4.74 Å². The van der Waals surface area contributed by atoms with Crippen molar-refractivity contribution in [1.82, 2.24) is 9.59 Å². The summed E-state index contributed by atoms with van der Waals surface area (Å²) >= 11 is 0.986. The highest BCUT2D eigenvalue weighted by molar-refractivity contribution is 7.02. The molecule has 6 heavy (non-hydrogen) atoms. The summed E-state index contributed by atoms with van der Waals surface area (Å²) in [6, 6.07) is 0. The maximum atomic E-state index is 9.99. The van der Waals surface area contributed by atoms with E-state index in [4.69, 9.17) is 0 Å². The molecule has 0 atom stereocenters. The average Bonchev–Trinajstić information content (AvgIpc) is 1.86. The highest BCUT2D eigenvalue weighted by Crippen LogP contribution is 1.65. The zero-order chi connectivity index (χ0) is 4.41. The molecule has 4 heteroatoms. The van der Waals surface area contributed by atoms with Crippen LogP contribution in [0.15, 0.2) is 11.0 Å². The van der Waals surface area contributed by atoms with Crippen LogP contribution in [0.4, 0.5) is 0 Å². The molecular formula is C2H2N2OS. The number of hydrogen-bond donors (Lipinski definition) is 1. The van der Waals surface area contributed by atoms with Crippen LogP contribution >= 0.6 is 11.5 Å². The summed E-state index contributed by atoms with van der Waals surface area (Å²) < 4.78 is 2.38. The Labute approximate surface area is 37.8 Å². The van der Waals surface area contributed by atoms with E-state index in [0.717, 1.165) is 11.5 Å². The fraction of sp³-hybridized carbons (Fsp3) is 0. The standard InChI is InChI=1S/C2H2N2OS/c5-2-1-3-4-6-2/h1,4H. The third-order valence-corrected chi connectivity index (χ3v) is 0.872. The van der Waals surface area contributed by atoms with Gasteiger partial charge in [0.05, 0.1) is 0 Å². The van der Waals surface area contributed by atoms with E-state index in [1.54, 1.807) is 0 Å². The van der Waals surface area contributed by atoms with Crippen molar-refractivity contribution in [2.75, 3.05) is 0 Å². The third-order valence-electron chi connectivity index (χ3n) is 0.369. The molecule has 1 rings (SSSR count). The van der Waals surface area contributed by atoms with E-state index in [9.17, 15) is 4.79 Å². The summed E-state index contributed by atoms with van der Waals surface area (Å²) in [5.41, 5.74) is 0. The number of aromatic nitrogens is 2. The molecule has 0 unspecified atom stereocenters. The quantitative estimate of drug-likeness (QED) is 0.494. The van der Waals surface area contributed by atoms with Crippen molar-refractivity contribution in [2.45, 2.75) is 0 Å². The molecule has 0 aromatic carbocycles. The normalized spacial score (nSPS) is 8.67. The summed E-state index contributed by atoms with van der Waals surface area (Å²) in [5, 5.41) is 3.40. The van der Waals surface area contributed by atoms with E-state index in [2.05, 4.69) is 9.59 Å². The van der Waals surface area contributed by atoms with E-state index in [0.29, 0.717) is 0 Å². The largest absolute Gasteiger partial charge is 0.274 e. The van der Waals surface area contributed by atoms with E-state index in [1.165, 1.54) is 6.20 Å². The Kier molecular flexibility index (Phi) is 0.719. The highest BCUT2D eigenvalue weighted by atomic mass is 32.1. The van der Waals surface area contributed by atoms with Gasteiger partial charge in [-0.3, -0.25) is 4.79 Å². The topological polar surface area (TPSA) is 45.8 Å². The molecule has 0 radical (unpaired) electrons. The van der Waals surface area contributed by atoms with Crippen LogP contribution < -0.4 is 4.74 Å². The first kappa shape index (κ1) is 3.55. The number of nitrogens with one attached hydrogen (secondary N) is 1. The van der Waals surface area contributed by atoms with Crippen molar-refractivity contribution >= 4 is 11.5 Å². The van der Waals surface area contributed by atoms with Gasteiger partial charge in [0.25, 0.3) is 4.74 Å². The van der Waals surface area contributed by atoms with Crippen LogP contribution in [0.3, 0.4) is 0 Å². The minimum atomic E-state index is -0.0324. The van der Waals surface area contributed by atoms with Crippen molar-refractivity contribution in [2.24, 2.45) is 0 Å². The SMILES string of the molecule is O=c1cn[nH]s1. The molecule has 0 amide bonds. The second-order valence-electron chi connectivity index (χ2n) is 0.771. The van der Waals surface area contributed by atoms with Gasteiger partial charge in [0.15, 0.2) is 0 Å². The molecule has 32 valence electrons. The molecule has 0 bridgehead atoms.